The molecule has 1 heterocycles. The van der Waals surface area contributed by atoms with E-state index < -0.39 is 4.92 Å². The van der Waals surface area contributed by atoms with Crippen LogP contribution in [-0.2, 0) is 11.3 Å². The van der Waals surface area contributed by atoms with Gasteiger partial charge in [-0.25, -0.2) is 0 Å². The second kappa shape index (κ2) is 9.33. The van der Waals surface area contributed by atoms with E-state index in [1.165, 1.54) is 12.1 Å². The molecule has 0 atom stereocenters. The molecule has 1 fully saturated rings. The highest BCUT2D eigenvalue weighted by Gasteiger charge is 2.28. The maximum absolute atomic E-state index is 12.5. The van der Waals surface area contributed by atoms with Crippen molar-refractivity contribution in [3.63, 3.8) is 0 Å². The number of nitro benzene ring substituents is 1. The van der Waals surface area contributed by atoms with Gasteiger partial charge in [0.2, 0.25) is 5.91 Å². The van der Waals surface area contributed by atoms with Crippen LogP contribution >= 0.6 is 23.2 Å². The largest absolute Gasteiger partial charge is 0.497 e. The number of hydrogen-bond donors (Lipinski definition) is 1. The third-order valence-electron chi connectivity index (χ3n) is 5.02. The number of piperidine rings is 1. The van der Waals surface area contributed by atoms with Gasteiger partial charge in [-0.15, -0.1) is 0 Å². The summed E-state index contributed by atoms with van der Waals surface area (Å²) in [7, 11) is 1.61. The summed E-state index contributed by atoms with van der Waals surface area (Å²) in [6.07, 6.45) is 1.30. The molecule has 0 bridgehead atoms. The van der Waals surface area contributed by atoms with E-state index in [0.29, 0.717) is 38.2 Å². The Labute approximate surface area is 178 Å². The van der Waals surface area contributed by atoms with Crippen LogP contribution in [0.1, 0.15) is 18.4 Å². The van der Waals surface area contributed by atoms with Crippen molar-refractivity contribution < 1.29 is 14.5 Å². The SMILES string of the molecule is COc1ccc(CNC(=O)C2CCN(c3c(Cl)cc([N+](=O)[O-])cc3Cl)CC2)cc1. The normalized spacial score (nSPS) is 14.5. The summed E-state index contributed by atoms with van der Waals surface area (Å²) < 4.78 is 5.13. The van der Waals surface area contributed by atoms with E-state index in [0.717, 1.165) is 11.3 Å². The number of carbonyl (C=O) groups excluding carboxylic acids is 1. The molecule has 0 radical (unpaired) electrons. The molecule has 1 amide bonds. The van der Waals surface area contributed by atoms with E-state index in [-0.39, 0.29) is 27.6 Å². The number of carbonyl (C=O) groups is 1. The van der Waals surface area contributed by atoms with Gasteiger partial charge in [0, 0.05) is 37.7 Å². The molecule has 0 aliphatic carbocycles. The van der Waals surface area contributed by atoms with Crippen molar-refractivity contribution in [2.45, 2.75) is 19.4 Å². The molecule has 1 aliphatic rings. The van der Waals surface area contributed by atoms with Gasteiger partial charge in [-0.1, -0.05) is 35.3 Å². The Morgan fingerprint density at radius 3 is 2.31 bits per heavy atom. The van der Waals surface area contributed by atoms with Crippen LogP contribution < -0.4 is 15.0 Å². The van der Waals surface area contributed by atoms with Crippen LogP contribution in [0.25, 0.3) is 0 Å². The Morgan fingerprint density at radius 2 is 1.79 bits per heavy atom. The van der Waals surface area contributed by atoms with E-state index in [1.54, 1.807) is 7.11 Å². The summed E-state index contributed by atoms with van der Waals surface area (Å²) in [6, 6.07) is 10.2. The Hall–Kier alpha value is -2.51. The fourth-order valence-electron chi connectivity index (χ4n) is 3.40. The summed E-state index contributed by atoms with van der Waals surface area (Å²) >= 11 is 12.5. The zero-order valence-electron chi connectivity index (χ0n) is 15.9. The van der Waals surface area contributed by atoms with Gasteiger partial charge >= 0.3 is 0 Å². The topological polar surface area (TPSA) is 84.7 Å². The Morgan fingerprint density at radius 1 is 1.21 bits per heavy atom. The molecule has 3 rings (SSSR count). The minimum absolute atomic E-state index is 0.0151. The van der Waals surface area contributed by atoms with E-state index in [9.17, 15) is 14.9 Å². The number of non-ortho nitro benzene ring substituents is 1. The van der Waals surface area contributed by atoms with Crippen LogP contribution in [0.3, 0.4) is 0 Å². The fraction of sp³-hybridized carbons (Fsp3) is 0.350. The number of amides is 1. The number of rotatable bonds is 6. The van der Waals surface area contributed by atoms with Gasteiger partial charge in [-0.05, 0) is 30.5 Å². The predicted octanol–water partition coefficient (Wildman–Crippen LogP) is 4.44. The third kappa shape index (κ3) is 5.10. The lowest BCUT2D eigenvalue weighted by molar-refractivity contribution is -0.384. The Bertz CT molecular complexity index is 874. The highest BCUT2D eigenvalue weighted by molar-refractivity contribution is 6.39. The van der Waals surface area contributed by atoms with Gasteiger partial charge in [-0.2, -0.15) is 0 Å². The van der Waals surface area contributed by atoms with E-state index in [1.807, 2.05) is 29.2 Å². The van der Waals surface area contributed by atoms with Crippen molar-refractivity contribution in [2.75, 3.05) is 25.1 Å². The molecule has 154 valence electrons. The number of nitro groups is 1. The molecule has 2 aromatic carbocycles. The molecule has 0 aromatic heterocycles. The number of ether oxygens (including phenoxy) is 1. The van der Waals surface area contributed by atoms with Crippen molar-refractivity contribution in [3.05, 3.63) is 62.1 Å². The second-order valence-corrected chi connectivity index (χ2v) is 7.66. The predicted molar refractivity (Wildman–Crippen MR) is 113 cm³/mol. The molecule has 29 heavy (non-hydrogen) atoms. The van der Waals surface area contributed by atoms with E-state index in [4.69, 9.17) is 27.9 Å². The molecule has 1 N–H and O–H groups in total. The summed E-state index contributed by atoms with van der Waals surface area (Å²) in [5, 5.41) is 14.4. The van der Waals surface area contributed by atoms with Crippen LogP contribution in [0.5, 0.6) is 5.75 Å². The van der Waals surface area contributed by atoms with Crippen LogP contribution in [-0.4, -0.2) is 31.0 Å². The number of nitrogens with zero attached hydrogens (tertiary/aromatic N) is 2. The summed E-state index contributed by atoms with van der Waals surface area (Å²) in [4.78, 5) is 24.9. The molecule has 7 nitrogen and oxygen atoms in total. The number of hydrogen-bond acceptors (Lipinski definition) is 5. The summed E-state index contributed by atoms with van der Waals surface area (Å²) in [5.74, 6) is 0.692. The van der Waals surface area contributed by atoms with Gasteiger partial charge in [-0.3, -0.25) is 14.9 Å². The van der Waals surface area contributed by atoms with Crippen molar-refractivity contribution in [1.82, 2.24) is 5.32 Å². The lowest BCUT2D eigenvalue weighted by Gasteiger charge is -2.34. The number of methoxy groups -OCH3 is 1. The minimum atomic E-state index is -0.527. The lowest BCUT2D eigenvalue weighted by Crippen LogP contribution is -2.40. The van der Waals surface area contributed by atoms with Crippen molar-refractivity contribution in [1.29, 1.82) is 0 Å². The Kier molecular flexibility index (Phi) is 6.82. The van der Waals surface area contributed by atoms with Crippen molar-refractivity contribution in [2.24, 2.45) is 5.92 Å². The first-order valence-corrected chi connectivity index (χ1v) is 9.93. The highest BCUT2D eigenvalue weighted by atomic mass is 35.5. The average molecular weight is 438 g/mol. The standard InChI is InChI=1S/C20H21Cl2N3O4/c1-29-16-4-2-13(3-5-16)12-23-20(26)14-6-8-24(9-7-14)19-17(21)10-15(25(27)28)11-18(19)22/h2-5,10-11,14H,6-9,12H2,1H3,(H,23,26). The molecule has 1 saturated heterocycles. The molecule has 0 unspecified atom stereocenters. The highest BCUT2D eigenvalue weighted by Crippen LogP contribution is 2.39. The van der Waals surface area contributed by atoms with Crippen LogP contribution in [0, 0.1) is 16.0 Å². The van der Waals surface area contributed by atoms with Crippen LogP contribution in [0.2, 0.25) is 10.0 Å². The van der Waals surface area contributed by atoms with Crippen molar-refractivity contribution >= 4 is 40.5 Å². The lowest BCUT2D eigenvalue weighted by atomic mass is 9.95. The average Bonchev–Trinajstić information content (AvgIpc) is 2.72. The zero-order chi connectivity index (χ0) is 21.0. The molecule has 2 aromatic rings. The van der Waals surface area contributed by atoms with Gasteiger partial charge in [0.1, 0.15) is 5.75 Å². The quantitative estimate of drug-likeness (QED) is 0.533. The Balaban J connectivity index is 1.56. The van der Waals surface area contributed by atoms with E-state index in [2.05, 4.69) is 5.32 Å². The van der Waals surface area contributed by atoms with Crippen LogP contribution in [0.4, 0.5) is 11.4 Å². The van der Waals surface area contributed by atoms with Gasteiger partial charge in [0.15, 0.2) is 0 Å². The second-order valence-electron chi connectivity index (χ2n) is 6.84. The number of benzene rings is 2. The van der Waals surface area contributed by atoms with Crippen molar-refractivity contribution in [3.8, 4) is 5.75 Å². The zero-order valence-corrected chi connectivity index (χ0v) is 17.4. The molecule has 9 heteroatoms. The number of anilines is 1. The molecular weight excluding hydrogens is 417 g/mol. The van der Waals surface area contributed by atoms with E-state index >= 15 is 0 Å². The minimum Gasteiger partial charge on any atom is -0.497 e. The molecular formula is C20H21Cl2N3O4. The number of nitrogens with one attached hydrogen (secondary N) is 1. The monoisotopic (exact) mass is 437 g/mol. The van der Waals surface area contributed by atoms with Crippen LogP contribution in [0.15, 0.2) is 36.4 Å². The third-order valence-corrected chi connectivity index (χ3v) is 5.60. The molecule has 1 aliphatic heterocycles. The maximum atomic E-state index is 12.5. The molecule has 0 spiro atoms. The first-order chi connectivity index (χ1) is 13.9. The smallest absolute Gasteiger partial charge is 0.272 e. The summed E-state index contributed by atoms with van der Waals surface area (Å²) in [6.45, 7) is 1.65. The fourth-order valence-corrected chi connectivity index (χ4v) is 4.12. The maximum Gasteiger partial charge on any atom is 0.272 e. The van der Waals surface area contributed by atoms with Gasteiger partial charge in [0.05, 0.1) is 27.8 Å². The van der Waals surface area contributed by atoms with Gasteiger partial charge < -0.3 is 15.0 Å². The number of halogens is 2. The molecule has 0 saturated carbocycles. The summed E-state index contributed by atoms with van der Waals surface area (Å²) in [5.41, 5.74) is 1.44. The first kappa shape index (κ1) is 21.2. The van der Waals surface area contributed by atoms with Gasteiger partial charge in [0.25, 0.3) is 5.69 Å². The first-order valence-electron chi connectivity index (χ1n) is 9.18.